The van der Waals surface area contributed by atoms with Gasteiger partial charge in [-0.25, -0.2) is 0 Å². The molecule has 2 atom stereocenters. The molecule has 0 bridgehead atoms. The molecule has 27 heavy (non-hydrogen) atoms. The molecule has 1 aliphatic rings. The summed E-state index contributed by atoms with van der Waals surface area (Å²) in [4.78, 5) is 16.3. The summed E-state index contributed by atoms with van der Waals surface area (Å²) in [5, 5.41) is 26.7. The Morgan fingerprint density at radius 3 is 2.89 bits per heavy atom. The van der Waals surface area contributed by atoms with Crippen LogP contribution in [0, 0.1) is 10.1 Å². The molecule has 1 aromatic rings. The topological polar surface area (TPSA) is 112 Å². The Morgan fingerprint density at radius 2 is 2.22 bits per heavy atom. The Kier molecular flexibility index (Phi) is 8.43. The first-order valence-electron chi connectivity index (χ1n) is 9.16. The van der Waals surface area contributed by atoms with E-state index in [1.165, 1.54) is 12.6 Å². The summed E-state index contributed by atoms with van der Waals surface area (Å²) in [6, 6.07) is 8.19. The Bertz CT molecular complexity index is 634. The van der Waals surface area contributed by atoms with Crippen LogP contribution in [0.3, 0.4) is 0 Å². The van der Waals surface area contributed by atoms with Crippen molar-refractivity contribution in [3.05, 3.63) is 39.9 Å². The van der Waals surface area contributed by atoms with Crippen molar-refractivity contribution >= 4 is 5.84 Å². The van der Waals surface area contributed by atoms with E-state index in [1.54, 1.807) is 0 Å². The zero-order valence-electron chi connectivity index (χ0n) is 15.9. The highest BCUT2D eigenvalue weighted by Crippen LogP contribution is 2.24. The van der Waals surface area contributed by atoms with Crippen molar-refractivity contribution in [3.8, 4) is 5.75 Å². The third-order valence-electron chi connectivity index (χ3n) is 4.57. The molecule has 1 aliphatic heterocycles. The Balaban J connectivity index is 1.82. The maximum atomic E-state index is 10.5. The third-order valence-corrected chi connectivity index (χ3v) is 4.57. The van der Waals surface area contributed by atoms with E-state index in [4.69, 9.17) is 4.74 Å². The Morgan fingerprint density at radius 1 is 1.48 bits per heavy atom. The number of hydrogen-bond donors (Lipinski definition) is 3. The first kappa shape index (κ1) is 21.1. The van der Waals surface area contributed by atoms with Crippen LogP contribution < -0.4 is 15.4 Å². The molecule has 0 spiro atoms. The number of nitrogens with one attached hydrogen (secondary N) is 2. The van der Waals surface area contributed by atoms with Crippen LogP contribution >= 0.6 is 0 Å². The first-order valence-corrected chi connectivity index (χ1v) is 9.16. The molecule has 2 unspecified atom stereocenters. The number of piperazine rings is 1. The summed E-state index contributed by atoms with van der Waals surface area (Å²) >= 11 is 0. The summed E-state index contributed by atoms with van der Waals surface area (Å²) in [6.45, 7) is 6.05. The number of rotatable bonds is 9. The molecule has 9 nitrogen and oxygen atoms in total. The number of nitrogens with zero attached hydrogens (tertiary/aromatic N) is 3. The van der Waals surface area contributed by atoms with E-state index in [2.05, 4.69) is 33.5 Å². The highest BCUT2D eigenvalue weighted by molar-refractivity contribution is 5.83. The first-order chi connectivity index (χ1) is 13.0. The maximum absolute atomic E-state index is 10.5. The fraction of sp³-hybridized carbons (Fsp3) is 0.611. The molecule has 1 fully saturated rings. The molecule has 0 amide bonds. The molecular formula is C18H29N5O4. The van der Waals surface area contributed by atoms with Crippen LogP contribution in [0.1, 0.15) is 18.5 Å². The van der Waals surface area contributed by atoms with Gasteiger partial charge in [-0.2, -0.15) is 0 Å². The highest BCUT2D eigenvalue weighted by Gasteiger charge is 2.18. The van der Waals surface area contributed by atoms with Gasteiger partial charge in [-0.3, -0.25) is 20.0 Å². The molecule has 0 aromatic heterocycles. The standard InChI is InChI=1S/C18H29N5O4/c1-14(22-8-6-20-7-9-22)15-4-3-5-17(10-15)27-13-16(24)11-21-18(19-2)12-23(25)26/h3-5,10,14,16,20,24H,6-9,11-13H2,1-2H3,(H,19,21). The molecule has 2 rings (SSSR count). The van der Waals surface area contributed by atoms with Gasteiger partial charge in [0.15, 0.2) is 5.84 Å². The van der Waals surface area contributed by atoms with Gasteiger partial charge in [0, 0.05) is 50.7 Å². The van der Waals surface area contributed by atoms with Crippen LogP contribution in [-0.4, -0.2) is 79.8 Å². The monoisotopic (exact) mass is 379 g/mol. The zero-order valence-corrected chi connectivity index (χ0v) is 15.9. The van der Waals surface area contributed by atoms with E-state index in [0.29, 0.717) is 11.8 Å². The van der Waals surface area contributed by atoms with Crippen LogP contribution in [0.2, 0.25) is 0 Å². The third kappa shape index (κ3) is 7.12. The predicted octanol–water partition coefficient (Wildman–Crippen LogP) is 0.287. The molecule has 0 aliphatic carbocycles. The average Bonchev–Trinajstić information content (AvgIpc) is 2.69. The number of aliphatic hydroxyl groups is 1. The van der Waals surface area contributed by atoms with Gasteiger partial charge in [0.05, 0.1) is 0 Å². The fourth-order valence-corrected chi connectivity index (χ4v) is 2.96. The van der Waals surface area contributed by atoms with Crippen molar-refractivity contribution < 1.29 is 14.8 Å². The van der Waals surface area contributed by atoms with Crippen molar-refractivity contribution in [3.63, 3.8) is 0 Å². The van der Waals surface area contributed by atoms with E-state index >= 15 is 0 Å². The fourth-order valence-electron chi connectivity index (χ4n) is 2.96. The van der Waals surface area contributed by atoms with E-state index in [0.717, 1.165) is 26.2 Å². The summed E-state index contributed by atoms with van der Waals surface area (Å²) in [5.41, 5.74) is 1.17. The van der Waals surface area contributed by atoms with Crippen LogP contribution in [0.5, 0.6) is 5.75 Å². The molecule has 1 saturated heterocycles. The lowest BCUT2D eigenvalue weighted by molar-refractivity contribution is -0.463. The quantitative estimate of drug-likeness (QED) is 0.245. The molecule has 1 aromatic carbocycles. The Hall–Kier alpha value is -2.23. The Labute approximate surface area is 159 Å². The lowest BCUT2D eigenvalue weighted by Crippen LogP contribution is -2.44. The van der Waals surface area contributed by atoms with E-state index in [1.807, 2.05) is 18.2 Å². The van der Waals surface area contributed by atoms with Gasteiger partial charge in [0.1, 0.15) is 18.5 Å². The van der Waals surface area contributed by atoms with Gasteiger partial charge in [-0.05, 0) is 24.6 Å². The van der Waals surface area contributed by atoms with Crippen molar-refractivity contribution in [2.24, 2.45) is 4.99 Å². The smallest absolute Gasteiger partial charge is 0.259 e. The molecule has 0 saturated carbocycles. The van der Waals surface area contributed by atoms with Crippen molar-refractivity contribution in [1.82, 2.24) is 15.5 Å². The molecular weight excluding hydrogens is 350 g/mol. The van der Waals surface area contributed by atoms with Crippen LogP contribution in [0.25, 0.3) is 0 Å². The van der Waals surface area contributed by atoms with E-state index in [-0.39, 0.29) is 19.0 Å². The number of benzene rings is 1. The van der Waals surface area contributed by atoms with Gasteiger partial charge < -0.3 is 20.5 Å². The summed E-state index contributed by atoms with van der Waals surface area (Å²) < 4.78 is 5.70. The zero-order chi connectivity index (χ0) is 19.6. The van der Waals surface area contributed by atoms with E-state index < -0.39 is 17.6 Å². The van der Waals surface area contributed by atoms with Gasteiger partial charge in [-0.15, -0.1) is 0 Å². The van der Waals surface area contributed by atoms with Gasteiger partial charge in [0.2, 0.25) is 0 Å². The van der Waals surface area contributed by atoms with Gasteiger partial charge in [0.25, 0.3) is 6.54 Å². The van der Waals surface area contributed by atoms with E-state index in [9.17, 15) is 15.2 Å². The minimum absolute atomic E-state index is 0.0912. The minimum atomic E-state index is -0.803. The number of aliphatic hydroxyl groups excluding tert-OH is 1. The highest BCUT2D eigenvalue weighted by atomic mass is 16.6. The van der Waals surface area contributed by atoms with Crippen LogP contribution in [0.4, 0.5) is 0 Å². The number of amidine groups is 1. The van der Waals surface area contributed by atoms with Crippen molar-refractivity contribution in [2.45, 2.75) is 19.1 Å². The lowest BCUT2D eigenvalue weighted by atomic mass is 10.1. The largest absolute Gasteiger partial charge is 0.491 e. The number of aliphatic imine (C=N–C) groups is 1. The van der Waals surface area contributed by atoms with Gasteiger partial charge in [-0.1, -0.05) is 12.1 Å². The molecule has 3 N–H and O–H groups in total. The number of ether oxygens (including phenoxy) is 1. The molecule has 0 radical (unpaired) electrons. The second-order valence-corrected chi connectivity index (χ2v) is 6.54. The SMILES string of the molecule is CN=C(C[N+](=O)[O-])NCC(O)COc1cccc(C(C)N2CCNCC2)c1. The van der Waals surface area contributed by atoms with Crippen LogP contribution in [-0.2, 0) is 0 Å². The summed E-state index contributed by atoms with van der Waals surface area (Å²) in [7, 11) is 1.47. The minimum Gasteiger partial charge on any atom is -0.491 e. The van der Waals surface area contributed by atoms with Gasteiger partial charge >= 0.3 is 0 Å². The van der Waals surface area contributed by atoms with Crippen molar-refractivity contribution in [1.29, 1.82) is 0 Å². The van der Waals surface area contributed by atoms with Crippen LogP contribution in [0.15, 0.2) is 29.3 Å². The molecule has 9 heteroatoms. The second-order valence-electron chi connectivity index (χ2n) is 6.54. The number of nitro groups is 1. The average molecular weight is 379 g/mol. The maximum Gasteiger partial charge on any atom is 0.259 e. The number of hydrogen-bond acceptors (Lipinski definition) is 7. The summed E-state index contributed by atoms with van der Waals surface area (Å²) in [5.74, 6) is 0.925. The summed E-state index contributed by atoms with van der Waals surface area (Å²) in [6.07, 6.45) is -0.803. The molecule has 1 heterocycles. The predicted molar refractivity (Wildman–Crippen MR) is 104 cm³/mol. The lowest BCUT2D eigenvalue weighted by Gasteiger charge is -2.33. The van der Waals surface area contributed by atoms with Crippen molar-refractivity contribution in [2.75, 3.05) is 52.9 Å². The normalized spacial score (nSPS) is 18.0. The second kappa shape index (κ2) is 10.8. The molecule has 150 valence electrons.